The number of piperidine rings is 1. The van der Waals surface area contributed by atoms with Crippen LogP contribution in [0.25, 0.3) is 0 Å². The van der Waals surface area contributed by atoms with Gasteiger partial charge in [-0.3, -0.25) is 24.5 Å². The maximum Gasteiger partial charge on any atom is 0.306 e. The molecule has 2 aliphatic rings. The van der Waals surface area contributed by atoms with E-state index < -0.39 is 17.9 Å². The molecule has 1 unspecified atom stereocenters. The standard InChI is InChI=1S/C16H16N2O6/c19-13-5-4-11(15(22)17-13)18-8-10-9(16(18)23)2-1-3-12(10)24-7-6-14(20)21/h1-3,11H,4-8H2,(H,20,21)(H,17,19,22). The molecule has 3 rings (SSSR count). The Morgan fingerprint density at radius 3 is 2.83 bits per heavy atom. The number of ether oxygens (including phenoxy) is 1. The van der Waals surface area contributed by atoms with E-state index in [4.69, 9.17) is 9.84 Å². The Morgan fingerprint density at radius 1 is 1.33 bits per heavy atom. The Morgan fingerprint density at radius 2 is 2.12 bits per heavy atom. The third-order valence-electron chi connectivity index (χ3n) is 4.11. The first-order valence-corrected chi connectivity index (χ1v) is 7.58. The van der Waals surface area contributed by atoms with Crippen LogP contribution >= 0.6 is 0 Å². The summed E-state index contributed by atoms with van der Waals surface area (Å²) in [7, 11) is 0. The molecule has 0 spiro atoms. The van der Waals surface area contributed by atoms with Crippen LogP contribution in [0.1, 0.15) is 35.2 Å². The fraction of sp³-hybridized carbons (Fsp3) is 0.375. The van der Waals surface area contributed by atoms with Crippen molar-refractivity contribution in [2.75, 3.05) is 6.61 Å². The van der Waals surface area contributed by atoms with Gasteiger partial charge in [-0.05, 0) is 18.6 Å². The van der Waals surface area contributed by atoms with Crippen LogP contribution in [0.3, 0.4) is 0 Å². The van der Waals surface area contributed by atoms with Crippen molar-refractivity contribution in [3.63, 3.8) is 0 Å². The van der Waals surface area contributed by atoms with Crippen LogP contribution in [-0.2, 0) is 20.9 Å². The van der Waals surface area contributed by atoms with Crippen molar-refractivity contribution in [1.82, 2.24) is 10.2 Å². The number of aliphatic carboxylic acids is 1. The smallest absolute Gasteiger partial charge is 0.306 e. The van der Waals surface area contributed by atoms with Gasteiger partial charge in [0.1, 0.15) is 11.8 Å². The highest BCUT2D eigenvalue weighted by Gasteiger charge is 2.40. The quantitative estimate of drug-likeness (QED) is 0.750. The number of imide groups is 1. The van der Waals surface area contributed by atoms with Gasteiger partial charge >= 0.3 is 5.97 Å². The van der Waals surface area contributed by atoms with E-state index in [9.17, 15) is 19.2 Å². The third kappa shape index (κ3) is 2.94. The zero-order valence-electron chi connectivity index (χ0n) is 12.8. The lowest BCUT2D eigenvalue weighted by molar-refractivity contribution is -0.138. The summed E-state index contributed by atoms with van der Waals surface area (Å²) in [5.74, 6) is -1.62. The average Bonchev–Trinajstić information content (AvgIpc) is 2.85. The number of carbonyl (C=O) groups is 4. The Bertz CT molecular complexity index is 729. The lowest BCUT2D eigenvalue weighted by Gasteiger charge is -2.29. The number of hydrogen-bond donors (Lipinski definition) is 2. The predicted octanol–water partition coefficient (Wildman–Crippen LogP) is 0.301. The zero-order chi connectivity index (χ0) is 17.3. The maximum absolute atomic E-state index is 12.6. The average molecular weight is 332 g/mol. The van der Waals surface area contributed by atoms with Crippen molar-refractivity contribution < 1.29 is 29.0 Å². The van der Waals surface area contributed by atoms with E-state index in [1.807, 2.05) is 0 Å². The van der Waals surface area contributed by atoms with E-state index in [2.05, 4.69) is 5.32 Å². The number of rotatable bonds is 5. The van der Waals surface area contributed by atoms with Gasteiger partial charge in [0.25, 0.3) is 5.91 Å². The summed E-state index contributed by atoms with van der Waals surface area (Å²) in [6, 6.07) is 4.28. The van der Waals surface area contributed by atoms with Crippen molar-refractivity contribution >= 4 is 23.7 Å². The molecule has 8 heteroatoms. The minimum absolute atomic E-state index is 0.00159. The largest absolute Gasteiger partial charge is 0.493 e. The fourth-order valence-corrected chi connectivity index (χ4v) is 2.94. The van der Waals surface area contributed by atoms with Crippen LogP contribution in [0.2, 0.25) is 0 Å². The van der Waals surface area contributed by atoms with Crippen molar-refractivity contribution in [3.05, 3.63) is 29.3 Å². The third-order valence-corrected chi connectivity index (χ3v) is 4.11. The maximum atomic E-state index is 12.6. The molecule has 3 amide bonds. The van der Waals surface area contributed by atoms with Gasteiger partial charge in [0.2, 0.25) is 11.8 Å². The molecule has 0 saturated carbocycles. The van der Waals surface area contributed by atoms with Crippen LogP contribution in [0, 0.1) is 0 Å². The predicted molar refractivity (Wildman–Crippen MR) is 80.2 cm³/mol. The van der Waals surface area contributed by atoms with Gasteiger partial charge in [0, 0.05) is 17.5 Å². The normalized spacial score (nSPS) is 19.9. The van der Waals surface area contributed by atoms with Crippen LogP contribution in [-0.4, -0.2) is 46.3 Å². The SMILES string of the molecule is O=C(O)CCOc1cccc2c1CN(C1CCC(=O)NC1=O)C2=O. The van der Waals surface area contributed by atoms with E-state index in [1.165, 1.54) is 4.90 Å². The number of nitrogens with zero attached hydrogens (tertiary/aromatic N) is 1. The van der Waals surface area contributed by atoms with Gasteiger partial charge in [-0.1, -0.05) is 6.07 Å². The number of nitrogens with one attached hydrogen (secondary N) is 1. The molecule has 0 aromatic heterocycles. The van der Waals surface area contributed by atoms with Crippen molar-refractivity contribution in [1.29, 1.82) is 0 Å². The Labute approximate surface area is 137 Å². The first-order chi connectivity index (χ1) is 11.5. The van der Waals surface area contributed by atoms with Gasteiger partial charge < -0.3 is 14.7 Å². The molecular formula is C16H16N2O6. The molecule has 0 radical (unpaired) electrons. The molecule has 0 bridgehead atoms. The highest BCUT2D eigenvalue weighted by atomic mass is 16.5. The molecule has 1 aromatic rings. The van der Waals surface area contributed by atoms with E-state index >= 15 is 0 Å². The van der Waals surface area contributed by atoms with Gasteiger partial charge in [-0.15, -0.1) is 0 Å². The summed E-state index contributed by atoms with van der Waals surface area (Å²) < 4.78 is 5.47. The van der Waals surface area contributed by atoms with E-state index in [-0.39, 0.29) is 37.8 Å². The summed E-state index contributed by atoms with van der Waals surface area (Å²) in [6.45, 7) is 0.197. The number of fused-ring (bicyclic) bond motifs is 1. The molecule has 24 heavy (non-hydrogen) atoms. The second kappa shape index (κ2) is 6.31. The number of carbonyl (C=O) groups excluding carboxylic acids is 3. The Kier molecular flexibility index (Phi) is 4.20. The summed E-state index contributed by atoms with van der Waals surface area (Å²) in [4.78, 5) is 47.8. The molecule has 1 fully saturated rings. The minimum atomic E-state index is -0.969. The van der Waals surface area contributed by atoms with E-state index in [0.29, 0.717) is 23.3 Å². The first kappa shape index (κ1) is 16.0. The molecule has 2 heterocycles. The number of amides is 3. The topological polar surface area (TPSA) is 113 Å². The van der Waals surface area contributed by atoms with Crippen LogP contribution < -0.4 is 10.1 Å². The zero-order valence-corrected chi connectivity index (χ0v) is 12.8. The second-order valence-electron chi connectivity index (χ2n) is 5.67. The van der Waals surface area contributed by atoms with E-state index in [1.54, 1.807) is 18.2 Å². The lowest BCUT2D eigenvalue weighted by atomic mass is 10.0. The van der Waals surface area contributed by atoms with Crippen molar-refractivity contribution in [3.8, 4) is 5.75 Å². The minimum Gasteiger partial charge on any atom is -0.493 e. The van der Waals surface area contributed by atoms with Crippen LogP contribution in [0.15, 0.2) is 18.2 Å². The molecule has 1 saturated heterocycles. The molecule has 126 valence electrons. The summed E-state index contributed by atoms with van der Waals surface area (Å²) in [5, 5.41) is 10.9. The van der Waals surface area contributed by atoms with E-state index in [0.717, 1.165) is 0 Å². The molecular weight excluding hydrogens is 316 g/mol. The van der Waals surface area contributed by atoms with Crippen molar-refractivity contribution in [2.45, 2.75) is 31.8 Å². The molecule has 1 aromatic carbocycles. The summed E-state index contributed by atoms with van der Waals surface area (Å²) in [5.41, 5.74) is 1.07. The lowest BCUT2D eigenvalue weighted by Crippen LogP contribution is -2.52. The van der Waals surface area contributed by atoms with Gasteiger partial charge in [-0.25, -0.2) is 0 Å². The first-order valence-electron chi connectivity index (χ1n) is 7.58. The van der Waals surface area contributed by atoms with Gasteiger partial charge in [0.05, 0.1) is 19.6 Å². The highest BCUT2D eigenvalue weighted by molar-refractivity contribution is 6.05. The van der Waals surface area contributed by atoms with Crippen molar-refractivity contribution in [2.24, 2.45) is 0 Å². The number of carboxylic acid groups (broad SMARTS) is 1. The molecule has 8 nitrogen and oxygen atoms in total. The summed E-state index contributed by atoms with van der Waals surface area (Å²) >= 11 is 0. The fourth-order valence-electron chi connectivity index (χ4n) is 2.94. The van der Waals surface area contributed by atoms with Crippen LogP contribution in [0.5, 0.6) is 5.75 Å². The monoisotopic (exact) mass is 332 g/mol. The number of hydrogen-bond acceptors (Lipinski definition) is 5. The molecule has 0 aliphatic carbocycles. The number of carboxylic acids is 1. The van der Waals surface area contributed by atoms with Gasteiger partial charge in [-0.2, -0.15) is 0 Å². The second-order valence-corrected chi connectivity index (χ2v) is 5.67. The molecule has 1 atom stereocenters. The van der Waals surface area contributed by atoms with Crippen LogP contribution in [0.4, 0.5) is 0 Å². The molecule has 2 aliphatic heterocycles. The Hall–Kier alpha value is -2.90. The highest BCUT2D eigenvalue weighted by Crippen LogP contribution is 2.33. The number of benzene rings is 1. The molecule has 2 N–H and O–H groups in total. The Balaban J connectivity index is 1.78. The van der Waals surface area contributed by atoms with Gasteiger partial charge in [0.15, 0.2) is 0 Å². The summed E-state index contributed by atoms with van der Waals surface area (Å²) in [6.07, 6.45) is 0.340.